The number of carbonyl (C=O) groups excluding carboxylic acids is 2. The molecular weight excluding hydrogens is 379 g/mol. The molecule has 1 aromatic carbocycles. The Morgan fingerprint density at radius 1 is 1.00 bits per heavy atom. The summed E-state index contributed by atoms with van der Waals surface area (Å²) in [5, 5.41) is 0. The first-order valence-electron chi connectivity index (χ1n) is 9.94. The number of ketones is 1. The number of hydrogen-bond acceptors (Lipinski definition) is 5. The van der Waals surface area contributed by atoms with Crippen molar-refractivity contribution >= 4 is 47.1 Å². The fourth-order valence-corrected chi connectivity index (χ4v) is 4.02. The smallest absolute Gasteiger partial charge is 0.410 e. The molecule has 0 spiro atoms. The Morgan fingerprint density at radius 3 is 2.07 bits per heavy atom. The molecule has 1 amide bonds. The van der Waals surface area contributed by atoms with Gasteiger partial charge in [0.25, 0.3) is 0 Å². The van der Waals surface area contributed by atoms with Gasteiger partial charge in [-0.15, -0.1) is 0 Å². The third-order valence-electron chi connectivity index (χ3n) is 5.59. The van der Waals surface area contributed by atoms with Crippen molar-refractivity contribution in [3.05, 3.63) is 22.3 Å². The number of carbonyl (C=O) groups is 2. The van der Waals surface area contributed by atoms with Crippen LogP contribution >= 0.6 is 0 Å². The minimum Gasteiger partial charge on any atom is -0.479 e. The summed E-state index contributed by atoms with van der Waals surface area (Å²) >= 11 is 0. The zero-order valence-electron chi connectivity index (χ0n) is 19.4. The van der Waals surface area contributed by atoms with E-state index in [1.54, 1.807) is 4.90 Å². The largest absolute Gasteiger partial charge is 0.479 e. The van der Waals surface area contributed by atoms with Gasteiger partial charge in [0, 0.05) is 61.4 Å². The Balaban J connectivity index is 0.00000300. The van der Waals surface area contributed by atoms with Gasteiger partial charge in [-0.2, -0.15) is 0 Å². The van der Waals surface area contributed by atoms with E-state index in [1.165, 1.54) is 0 Å². The topological polar surface area (TPSA) is 59.1 Å². The molecule has 1 saturated heterocycles. The average molecular weight is 411 g/mol. The number of hydrogen-bond donors (Lipinski definition) is 0. The van der Waals surface area contributed by atoms with Crippen molar-refractivity contribution in [1.29, 1.82) is 0 Å². The molecule has 0 unspecified atom stereocenters. The van der Waals surface area contributed by atoms with E-state index in [9.17, 15) is 9.59 Å². The van der Waals surface area contributed by atoms with Crippen LogP contribution in [0.2, 0.25) is 0 Å². The average Bonchev–Trinajstić information content (AvgIpc) is 2.82. The first kappa shape index (κ1) is 24.0. The van der Waals surface area contributed by atoms with Crippen molar-refractivity contribution in [1.82, 2.24) is 4.90 Å². The second-order valence-electron chi connectivity index (χ2n) is 9.32. The molecule has 0 bridgehead atoms. The number of ether oxygens (including phenoxy) is 2. The van der Waals surface area contributed by atoms with Crippen LogP contribution in [-0.2, 0) is 4.74 Å². The zero-order valence-corrected chi connectivity index (χ0v) is 21.4. The van der Waals surface area contributed by atoms with Gasteiger partial charge in [-0.05, 0) is 72.1 Å². The number of nitrogens with zero attached hydrogens (tertiary/aromatic N) is 2. The minimum atomic E-state index is -0.821. The maximum absolute atomic E-state index is 12.9. The molecule has 6 nitrogen and oxygen atoms in total. The van der Waals surface area contributed by atoms with E-state index in [0.29, 0.717) is 31.7 Å². The Morgan fingerprint density at radius 2 is 1.55 bits per heavy atom. The summed E-state index contributed by atoms with van der Waals surface area (Å²) in [7, 11) is 0. The van der Waals surface area contributed by atoms with E-state index in [1.807, 2.05) is 48.5 Å². The van der Waals surface area contributed by atoms with Crippen molar-refractivity contribution in [2.24, 2.45) is 0 Å². The number of piperazine rings is 1. The van der Waals surface area contributed by atoms with Crippen LogP contribution in [0.15, 0.2) is 0 Å². The van der Waals surface area contributed by atoms with E-state index < -0.39 is 11.2 Å². The Labute approximate surface area is 196 Å². The number of fused-ring (bicyclic) bond motifs is 1. The fraction of sp³-hybridized carbons (Fsp3) is 0.636. The summed E-state index contributed by atoms with van der Waals surface area (Å²) in [5.74, 6) is 0.762. The second-order valence-corrected chi connectivity index (χ2v) is 9.32. The van der Waals surface area contributed by atoms with Crippen LogP contribution < -0.4 is 9.64 Å². The number of anilines is 1. The molecule has 155 valence electrons. The summed E-state index contributed by atoms with van der Waals surface area (Å²) in [6.07, 6.45) is -0.268. The second kappa shape index (κ2) is 8.12. The summed E-state index contributed by atoms with van der Waals surface area (Å²) in [6, 6.07) is 0. The standard InChI is InChI=1S/C22H32N2O4.Na/c1-13-14(2)18-16(19(25)22(7,8)27-18)15(3)17(13)23-9-11-24(12-10-23)20(26)28-21(4,5)6;/h9-12H2,1-8H3;. The Hall–Kier alpha value is -1.24. The van der Waals surface area contributed by atoms with Crippen LogP contribution in [0.25, 0.3) is 0 Å². The van der Waals surface area contributed by atoms with Gasteiger partial charge in [0.2, 0.25) is 5.78 Å². The molecule has 7 heteroatoms. The summed E-state index contributed by atoms with van der Waals surface area (Å²) in [4.78, 5) is 29.3. The summed E-state index contributed by atoms with van der Waals surface area (Å²) in [6.45, 7) is 18.0. The third-order valence-corrected chi connectivity index (χ3v) is 5.59. The molecule has 0 N–H and O–H groups in total. The first-order chi connectivity index (χ1) is 12.8. The van der Waals surface area contributed by atoms with Crippen LogP contribution in [0.3, 0.4) is 0 Å². The van der Waals surface area contributed by atoms with Gasteiger partial charge in [0.05, 0.1) is 5.56 Å². The van der Waals surface area contributed by atoms with Crippen LogP contribution in [0, 0.1) is 20.8 Å². The van der Waals surface area contributed by atoms with Crippen LogP contribution in [-0.4, -0.2) is 83.7 Å². The zero-order chi connectivity index (χ0) is 21.0. The van der Waals surface area contributed by atoms with Gasteiger partial charge in [-0.25, -0.2) is 4.79 Å². The first-order valence-corrected chi connectivity index (χ1v) is 9.94. The summed E-state index contributed by atoms with van der Waals surface area (Å²) < 4.78 is 11.5. The molecule has 2 aliphatic rings. The molecule has 0 aromatic heterocycles. The molecule has 1 aromatic rings. The molecule has 1 fully saturated rings. The van der Waals surface area contributed by atoms with Crippen molar-refractivity contribution in [3.63, 3.8) is 0 Å². The predicted octanol–water partition coefficient (Wildman–Crippen LogP) is 3.64. The van der Waals surface area contributed by atoms with Crippen LogP contribution in [0.4, 0.5) is 10.5 Å². The van der Waals surface area contributed by atoms with Crippen LogP contribution in [0.5, 0.6) is 5.75 Å². The molecule has 29 heavy (non-hydrogen) atoms. The van der Waals surface area contributed by atoms with E-state index in [0.717, 1.165) is 28.1 Å². The molecule has 1 radical (unpaired) electrons. The van der Waals surface area contributed by atoms with Crippen molar-refractivity contribution < 1.29 is 19.1 Å². The number of benzene rings is 1. The minimum absolute atomic E-state index is 0. The molecule has 2 heterocycles. The van der Waals surface area contributed by atoms with Gasteiger partial charge in [0.1, 0.15) is 11.4 Å². The maximum atomic E-state index is 12.9. The molecule has 0 atom stereocenters. The van der Waals surface area contributed by atoms with Gasteiger partial charge >= 0.3 is 6.09 Å². The monoisotopic (exact) mass is 411 g/mol. The molecule has 3 rings (SSSR count). The van der Waals surface area contributed by atoms with Crippen molar-refractivity contribution in [2.45, 2.75) is 66.6 Å². The van der Waals surface area contributed by atoms with Gasteiger partial charge < -0.3 is 19.3 Å². The Kier molecular flexibility index (Phi) is 6.73. The fourth-order valence-electron chi connectivity index (χ4n) is 4.02. The van der Waals surface area contributed by atoms with Crippen LogP contribution in [0.1, 0.15) is 61.7 Å². The molecule has 2 aliphatic heterocycles. The normalized spacial score (nSPS) is 18.1. The third kappa shape index (κ3) is 4.44. The van der Waals surface area contributed by atoms with Gasteiger partial charge in [0.15, 0.2) is 5.60 Å². The SMILES string of the molecule is Cc1c(C)c(N2CCN(C(=O)OC(C)(C)C)CC2)c(C)c2c1OC(C)(C)C2=O.[Na]. The van der Waals surface area contributed by atoms with Crippen molar-refractivity contribution in [3.8, 4) is 5.75 Å². The molecule has 0 aliphatic carbocycles. The maximum Gasteiger partial charge on any atom is 0.410 e. The van der Waals surface area contributed by atoms with Gasteiger partial charge in [-0.1, -0.05) is 0 Å². The Bertz CT molecular complexity index is 834. The van der Waals surface area contributed by atoms with E-state index in [4.69, 9.17) is 9.47 Å². The summed E-state index contributed by atoms with van der Waals surface area (Å²) in [5.41, 5.74) is 3.60. The quantitative estimate of drug-likeness (QED) is 0.661. The molecular formula is C22H32N2NaO4. The predicted molar refractivity (Wildman–Crippen MR) is 115 cm³/mol. The number of rotatable bonds is 1. The molecule has 0 saturated carbocycles. The van der Waals surface area contributed by atoms with E-state index in [-0.39, 0.29) is 41.4 Å². The van der Waals surface area contributed by atoms with E-state index >= 15 is 0 Å². The van der Waals surface area contributed by atoms with E-state index in [2.05, 4.69) is 11.8 Å². The van der Waals surface area contributed by atoms with Gasteiger partial charge in [-0.3, -0.25) is 4.79 Å². The van der Waals surface area contributed by atoms with Crippen molar-refractivity contribution in [2.75, 3.05) is 31.1 Å². The number of Topliss-reactive ketones (excluding diaryl/α,β-unsaturated/α-hetero) is 1. The number of amides is 1.